The molecule has 1 aromatic heterocycles. The van der Waals surface area contributed by atoms with Crippen molar-refractivity contribution in [2.24, 2.45) is 11.3 Å². The van der Waals surface area contributed by atoms with Gasteiger partial charge in [0, 0.05) is 26.0 Å². The number of benzene rings is 4. The van der Waals surface area contributed by atoms with E-state index in [0.717, 1.165) is 35.3 Å². The van der Waals surface area contributed by atoms with Gasteiger partial charge in [-0.15, -0.1) is 23.1 Å². The fourth-order valence-corrected chi connectivity index (χ4v) is 9.20. The molecular formula is C45H44ClN3O5S2. The molecule has 2 atom stereocenters. The molecule has 0 radical (unpaired) electrons. The van der Waals surface area contributed by atoms with Crippen molar-refractivity contribution in [3.8, 4) is 0 Å². The van der Waals surface area contributed by atoms with Gasteiger partial charge in [0.15, 0.2) is 0 Å². The number of halogens is 1. The maximum absolute atomic E-state index is 14.4. The highest BCUT2D eigenvalue weighted by atomic mass is 35.5. The minimum absolute atomic E-state index is 0.0191. The van der Waals surface area contributed by atoms with Gasteiger partial charge in [-0.05, 0) is 103 Å². The van der Waals surface area contributed by atoms with Crippen molar-refractivity contribution < 1.29 is 23.9 Å². The summed E-state index contributed by atoms with van der Waals surface area (Å²) < 4.78 is 5.50. The van der Waals surface area contributed by atoms with Crippen molar-refractivity contribution in [3.63, 3.8) is 0 Å². The fourth-order valence-electron chi connectivity index (χ4n) is 6.60. The van der Waals surface area contributed by atoms with E-state index in [0.29, 0.717) is 43.2 Å². The van der Waals surface area contributed by atoms with Crippen LogP contribution in [0.25, 0.3) is 6.08 Å². The molecule has 0 bridgehead atoms. The van der Waals surface area contributed by atoms with Gasteiger partial charge in [0.1, 0.15) is 15.9 Å². The average molecular weight is 806 g/mol. The number of hydrogen-bond donors (Lipinski definition) is 3. The van der Waals surface area contributed by atoms with Crippen LogP contribution < -0.4 is 16.0 Å². The summed E-state index contributed by atoms with van der Waals surface area (Å²) >= 11 is 9.01. The average Bonchev–Trinajstić information content (AvgIpc) is 3.54. The number of esters is 1. The molecular weight excluding hydrogens is 762 g/mol. The quantitative estimate of drug-likeness (QED) is 0.0657. The van der Waals surface area contributed by atoms with Crippen LogP contribution in [0.1, 0.15) is 81.6 Å². The van der Waals surface area contributed by atoms with E-state index in [9.17, 15) is 19.2 Å². The summed E-state index contributed by atoms with van der Waals surface area (Å²) in [5.74, 6) is -1.25. The smallest absolute Gasteiger partial charge is 0.341 e. The number of nitrogens with one attached hydrogen (secondary N) is 3. The van der Waals surface area contributed by atoms with Crippen LogP contribution in [0.3, 0.4) is 0 Å². The summed E-state index contributed by atoms with van der Waals surface area (Å²) in [6, 6.07) is 32.2. The van der Waals surface area contributed by atoms with Crippen molar-refractivity contribution in [3.05, 3.63) is 153 Å². The molecule has 1 aliphatic rings. The highest BCUT2D eigenvalue weighted by Crippen LogP contribution is 2.45. The molecule has 0 spiro atoms. The molecule has 11 heteroatoms. The van der Waals surface area contributed by atoms with Crippen molar-refractivity contribution in [2.75, 3.05) is 17.2 Å². The lowest BCUT2D eigenvalue weighted by molar-refractivity contribution is -0.116. The lowest BCUT2D eigenvalue weighted by atomic mass is 9.72. The van der Waals surface area contributed by atoms with E-state index in [1.54, 1.807) is 85.8 Å². The summed E-state index contributed by atoms with van der Waals surface area (Å²) in [6.45, 7) is 8.74. The largest absolute Gasteiger partial charge is 0.462 e. The molecule has 0 saturated carbocycles. The molecule has 3 N–H and O–H groups in total. The summed E-state index contributed by atoms with van der Waals surface area (Å²) in [5.41, 5.74) is 3.81. The zero-order valence-corrected chi connectivity index (χ0v) is 34.1. The van der Waals surface area contributed by atoms with Gasteiger partial charge in [-0.3, -0.25) is 14.4 Å². The topological polar surface area (TPSA) is 114 Å². The maximum atomic E-state index is 14.4. The zero-order chi connectivity index (χ0) is 39.8. The second kappa shape index (κ2) is 18.2. The van der Waals surface area contributed by atoms with Crippen molar-refractivity contribution in [1.29, 1.82) is 0 Å². The summed E-state index contributed by atoms with van der Waals surface area (Å²) in [5, 5.41) is 9.08. The molecule has 5 aromatic rings. The fraction of sp³-hybridized carbons (Fsp3) is 0.244. The van der Waals surface area contributed by atoms with E-state index in [-0.39, 0.29) is 23.6 Å². The van der Waals surface area contributed by atoms with Gasteiger partial charge in [0.2, 0.25) is 5.91 Å². The molecule has 0 saturated heterocycles. The number of anilines is 2. The Balaban J connectivity index is 1.26. The molecule has 1 heterocycles. The second-order valence-corrected chi connectivity index (χ2v) is 17.3. The third-order valence-corrected chi connectivity index (χ3v) is 12.2. The third-order valence-electron chi connectivity index (χ3n) is 9.58. The van der Waals surface area contributed by atoms with Crippen LogP contribution in [0.5, 0.6) is 0 Å². The van der Waals surface area contributed by atoms with Gasteiger partial charge in [-0.1, -0.05) is 99.1 Å². The van der Waals surface area contributed by atoms with Gasteiger partial charge in [0.25, 0.3) is 11.8 Å². The summed E-state index contributed by atoms with van der Waals surface area (Å²) in [6.07, 6.45) is 4.11. The zero-order valence-electron chi connectivity index (χ0n) is 31.7. The van der Waals surface area contributed by atoms with Crippen LogP contribution in [-0.4, -0.2) is 30.3 Å². The van der Waals surface area contributed by atoms with Crippen LogP contribution in [0.4, 0.5) is 10.7 Å². The van der Waals surface area contributed by atoms with Gasteiger partial charge < -0.3 is 20.7 Å². The van der Waals surface area contributed by atoms with Gasteiger partial charge in [-0.2, -0.15) is 0 Å². The van der Waals surface area contributed by atoms with Gasteiger partial charge in [-0.25, -0.2) is 4.79 Å². The predicted molar refractivity (Wildman–Crippen MR) is 227 cm³/mol. The molecule has 288 valence electrons. The molecule has 1 aliphatic carbocycles. The van der Waals surface area contributed by atoms with E-state index in [2.05, 4.69) is 36.7 Å². The second-order valence-electron chi connectivity index (χ2n) is 14.5. The molecule has 0 aliphatic heterocycles. The Morgan fingerprint density at radius 3 is 2.32 bits per heavy atom. The highest BCUT2D eigenvalue weighted by Gasteiger charge is 2.35. The molecule has 0 fully saturated rings. The van der Waals surface area contributed by atoms with Crippen molar-refractivity contribution in [2.45, 2.75) is 57.1 Å². The number of amides is 3. The number of hydrogen-bond acceptors (Lipinski definition) is 7. The Labute approximate surface area is 341 Å². The Hall–Kier alpha value is -5.16. The SMILES string of the molecule is CCOC(=O)c1c(NC(=O)C(Sc2cccc(NC(=O)/C(=C/c3cccc(Cl)c3)NC(=O)c3ccccc3)c2)c2ccccc2)sc2c1CCC(C(C)(C)C)C2. The minimum Gasteiger partial charge on any atom is -0.462 e. The van der Waals surface area contributed by atoms with Crippen LogP contribution >= 0.6 is 34.7 Å². The lowest BCUT2D eigenvalue weighted by Gasteiger charge is -2.33. The van der Waals surface area contributed by atoms with E-state index in [1.165, 1.54) is 23.1 Å². The van der Waals surface area contributed by atoms with E-state index < -0.39 is 23.0 Å². The van der Waals surface area contributed by atoms with Crippen LogP contribution in [0, 0.1) is 11.3 Å². The van der Waals surface area contributed by atoms with E-state index in [4.69, 9.17) is 16.3 Å². The number of thioether (sulfide) groups is 1. The molecule has 6 rings (SSSR count). The number of carbonyl (C=O) groups is 4. The first-order chi connectivity index (χ1) is 26.9. The third kappa shape index (κ3) is 10.2. The summed E-state index contributed by atoms with van der Waals surface area (Å²) in [4.78, 5) is 56.5. The normalized spacial score (nSPS) is 14.6. The van der Waals surface area contributed by atoms with Crippen LogP contribution in [-0.2, 0) is 27.2 Å². The number of carbonyl (C=O) groups excluding carboxylic acids is 4. The molecule has 4 aromatic carbocycles. The number of rotatable bonds is 12. The summed E-state index contributed by atoms with van der Waals surface area (Å²) in [7, 11) is 0. The lowest BCUT2D eigenvalue weighted by Crippen LogP contribution is -2.30. The molecule has 2 unspecified atom stereocenters. The predicted octanol–water partition coefficient (Wildman–Crippen LogP) is 10.6. The molecule has 56 heavy (non-hydrogen) atoms. The minimum atomic E-state index is -0.706. The molecule has 3 amide bonds. The van der Waals surface area contributed by atoms with Gasteiger partial charge >= 0.3 is 5.97 Å². The van der Waals surface area contributed by atoms with Crippen LogP contribution in [0.2, 0.25) is 5.02 Å². The first-order valence-electron chi connectivity index (χ1n) is 18.5. The first-order valence-corrected chi connectivity index (χ1v) is 20.6. The number of fused-ring (bicyclic) bond motifs is 1. The Morgan fingerprint density at radius 1 is 0.911 bits per heavy atom. The highest BCUT2D eigenvalue weighted by molar-refractivity contribution is 8.00. The van der Waals surface area contributed by atoms with Crippen molar-refractivity contribution >= 4 is 75.2 Å². The maximum Gasteiger partial charge on any atom is 0.341 e. The van der Waals surface area contributed by atoms with Crippen LogP contribution in [0.15, 0.2) is 120 Å². The first kappa shape index (κ1) is 40.5. The van der Waals surface area contributed by atoms with Gasteiger partial charge in [0.05, 0.1) is 12.2 Å². The van der Waals surface area contributed by atoms with E-state index >= 15 is 0 Å². The Kier molecular flexibility index (Phi) is 13.2. The number of ether oxygens (including phenoxy) is 1. The molecule has 8 nitrogen and oxygen atoms in total. The number of thiophene rings is 1. The Bertz CT molecular complexity index is 2250. The van der Waals surface area contributed by atoms with E-state index in [1.807, 2.05) is 36.4 Å². The Morgan fingerprint density at radius 2 is 1.62 bits per heavy atom. The van der Waals surface area contributed by atoms with Crippen molar-refractivity contribution in [1.82, 2.24) is 5.32 Å². The standard InChI is InChI=1S/C45H44ClN3O5S2/c1-5-54-44(53)38-35-23-22-31(45(2,3)4)26-37(35)56-43(38)49-42(52)39(29-15-8-6-9-16-29)55-34-21-13-20-33(27-34)47-41(51)36(25-28-14-12-19-32(46)24-28)48-40(50)30-17-10-7-11-18-30/h6-21,24-25,27,31,39H,5,22-23,26H2,1-4H3,(H,47,51)(H,48,50)(H,49,52)/b36-25-. The monoisotopic (exact) mass is 805 g/mol.